The summed E-state index contributed by atoms with van der Waals surface area (Å²) in [5.41, 5.74) is 7.38. The number of hydrogen-bond acceptors (Lipinski definition) is 5. The molecule has 142 valence electrons. The lowest BCUT2D eigenvalue weighted by molar-refractivity contribution is 0.0535. The van der Waals surface area contributed by atoms with Crippen LogP contribution in [0, 0.1) is 0 Å². The highest BCUT2D eigenvalue weighted by Crippen LogP contribution is 2.24. The molecule has 0 atom stereocenters. The number of nitrogens with two attached hydrogens (primary N) is 1. The molecule has 2 N–H and O–H groups in total. The van der Waals surface area contributed by atoms with Crippen LogP contribution in [0.25, 0.3) is 0 Å². The summed E-state index contributed by atoms with van der Waals surface area (Å²) in [6.07, 6.45) is 0. The standard InChI is InChI=1S/C20H23N3O4/c1-26-17-11-15(12-18(13-17)27-2)20(25)23-8-6-22(7-9-23)19(24)14-4-3-5-16(21)10-14/h3-5,10-13H,6-9,21H2,1-2H3. The van der Waals surface area contributed by atoms with Crippen molar-refractivity contribution in [2.75, 3.05) is 46.1 Å². The second-order valence-electron chi connectivity index (χ2n) is 6.31. The number of amides is 2. The fraction of sp³-hybridized carbons (Fsp3) is 0.300. The van der Waals surface area contributed by atoms with Gasteiger partial charge in [-0.1, -0.05) is 6.07 Å². The van der Waals surface area contributed by atoms with Crippen molar-refractivity contribution in [3.63, 3.8) is 0 Å². The summed E-state index contributed by atoms with van der Waals surface area (Å²) in [6.45, 7) is 1.87. The first kappa shape index (κ1) is 18.6. The molecular weight excluding hydrogens is 346 g/mol. The van der Waals surface area contributed by atoms with E-state index in [2.05, 4.69) is 0 Å². The Morgan fingerprint density at radius 1 is 0.815 bits per heavy atom. The van der Waals surface area contributed by atoms with Crippen LogP contribution in [0.15, 0.2) is 42.5 Å². The molecule has 1 aliphatic rings. The third-order valence-electron chi connectivity index (χ3n) is 4.59. The maximum atomic E-state index is 12.8. The Labute approximate surface area is 158 Å². The van der Waals surface area contributed by atoms with Gasteiger partial charge in [0.25, 0.3) is 11.8 Å². The summed E-state index contributed by atoms with van der Waals surface area (Å²) < 4.78 is 10.5. The maximum Gasteiger partial charge on any atom is 0.254 e. The Hall–Kier alpha value is -3.22. The summed E-state index contributed by atoms with van der Waals surface area (Å²) in [4.78, 5) is 28.9. The number of hydrogen-bond donors (Lipinski definition) is 1. The van der Waals surface area contributed by atoms with Gasteiger partial charge in [0.15, 0.2) is 0 Å². The largest absolute Gasteiger partial charge is 0.497 e. The molecule has 7 heteroatoms. The Bertz CT molecular complexity index is 823. The van der Waals surface area contributed by atoms with Gasteiger partial charge in [0, 0.05) is 49.1 Å². The molecule has 2 amide bonds. The molecule has 27 heavy (non-hydrogen) atoms. The molecule has 2 aromatic carbocycles. The average Bonchev–Trinajstić information content (AvgIpc) is 2.72. The van der Waals surface area contributed by atoms with Gasteiger partial charge in [0.1, 0.15) is 11.5 Å². The van der Waals surface area contributed by atoms with E-state index in [1.54, 1.807) is 66.5 Å². The van der Waals surface area contributed by atoms with Crippen molar-refractivity contribution in [3.05, 3.63) is 53.6 Å². The van der Waals surface area contributed by atoms with Gasteiger partial charge in [-0.15, -0.1) is 0 Å². The van der Waals surface area contributed by atoms with E-state index in [1.807, 2.05) is 0 Å². The fourth-order valence-corrected chi connectivity index (χ4v) is 3.08. The molecule has 0 saturated carbocycles. The number of piperazine rings is 1. The predicted molar refractivity (Wildman–Crippen MR) is 102 cm³/mol. The molecule has 7 nitrogen and oxygen atoms in total. The number of anilines is 1. The highest BCUT2D eigenvalue weighted by molar-refractivity contribution is 5.96. The van der Waals surface area contributed by atoms with E-state index < -0.39 is 0 Å². The van der Waals surface area contributed by atoms with Crippen molar-refractivity contribution in [1.82, 2.24) is 9.80 Å². The van der Waals surface area contributed by atoms with E-state index in [0.29, 0.717) is 54.5 Å². The van der Waals surface area contributed by atoms with Crippen LogP contribution < -0.4 is 15.2 Å². The Balaban J connectivity index is 1.67. The monoisotopic (exact) mass is 369 g/mol. The fourth-order valence-electron chi connectivity index (χ4n) is 3.08. The number of methoxy groups -OCH3 is 2. The van der Waals surface area contributed by atoms with Crippen molar-refractivity contribution < 1.29 is 19.1 Å². The minimum atomic E-state index is -0.108. The van der Waals surface area contributed by atoms with Crippen LogP contribution in [0.3, 0.4) is 0 Å². The predicted octanol–water partition coefficient (Wildman–Crippen LogP) is 1.88. The number of nitrogens with zero attached hydrogens (tertiary/aromatic N) is 2. The number of nitrogen functional groups attached to an aromatic ring is 1. The van der Waals surface area contributed by atoms with Gasteiger partial charge in [-0.25, -0.2) is 0 Å². The molecule has 0 aliphatic carbocycles. The Kier molecular flexibility index (Phi) is 5.49. The van der Waals surface area contributed by atoms with E-state index in [0.717, 1.165) is 0 Å². The zero-order valence-electron chi connectivity index (χ0n) is 15.5. The molecule has 3 rings (SSSR count). The van der Waals surface area contributed by atoms with Crippen LogP contribution in [0.5, 0.6) is 11.5 Å². The van der Waals surface area contributed by atoms with Crippen LogP contribution in [-0.2, 0) is 0 Å². The smallest absolute Gasteiger partial charge is 0.254 e. The third-order valence-corrected chi connectivity index (χ3v) is 4.59. The summed E-state index contributed by atoms with van der Waals surface area (Å²) in [5, 5.41) is 0. The SMILES string of the molecule is COc1cc(OC)cc(C(=O)N2CCN(C(=O)c3cccc(N)c3)CC2)c1. The quantitative estimate of drug-likeness (QED) is 0.832. The van der Waals surface area contributed by atoms with Gasteiger partial charge in [0.2, 0.25) is 0 Å². The topological polar surface area (TPSA) is 85.1 Å². The molecule has 0 unspecified atom stereocenters. The van der Waals surface area contributed by atoms with Crippen molar-refractivity contribution in [3.8, 4) is 11.5 Å². The van der Waals surface area contributed by atoms with E-state index in [1.165, 1.54) is 0 Å². The van der Waals surface area contributed by atoms with Gasteiger partial charge in [0.05, 0.1) is 14.2 Å². The van der Waals surface area contributed by atoms with E-state index in [9.17, 15) is 9.59 Å². The molecule has 0 radical (unpaired) electrons. The Morgan fingerprint density at radius 2 is 1.33 bits per heavy atom. The third kappa shape index (κ3) is 4.13. The minimum Gasteiger partial charge on any atom is -0.497 e. The van der Waals surface area contributed by atoms with E-state index in [4.69, 9.17) is 15.2 Å². The lowest BCUT2D eigenvalue weighted by Crippen LogP contribution is -2.50. The molecular formula is C20H23N3O4. The zero-order valence-corrected chi connectivity index (χ0v) is 15.5. The van der Waals surface area contributed by atoms with Crippen molar-refractivity contribution in [2.45, 2.75) is 0 Å². The van der Waals surface area contributed by atoms with Gasteiger partial charge in [-0.3, -0.25) is 9.59 Å². The molecule has 0 bridgehead atoms. The van der Waals surface area contributed by atoms with E-state index >= 15 is 0 Å². The van der Waals surface area contributed by atoms with Crippen molar-refractivity contribution in [2.24, 2.45) is 0 Å². The zero-order chi connectivity index (χ0) is 19.4. The lowest BCUT2D eigenvalue weighted by atomic mass is 10.1. The normalized spacial score (nSPS) is 14.0. The van der Waals surface area contributed by atoms with Gasteiger partial charge < -0.3 is 25.0 Å². The first-order valence-corrected chi connectivity index (χ1v) is 8.69. The maximum absolute atomic E-state index is 12.8. The summed E-state index contributed by atoms with van der Waals surface area (Å²) >= 11 is 0. The highest BCUT2D eigenvalue weighted by atomic mass is 16.5. The van der Waals surface area contributed by atoms with Crippen molar-refractivity contribution in [1.29, 1.82) is 0 Å². The average molecular weight is 369 g/mol. The molecule has 1 saturated heterocycles. The number of carbonyl (C=O) groups is 2. The van der Waals surface area contributed by atoms with E-state index in [-0.39, 0.29) is 11.8 Å². The van der Waals surface area contributed by atoms with Crippen LogP contribution in [0.4, 0.5) is 5.69 Å². The number of carbonyl (C=O) groups excluding carboxylic acids is 2. The van der Waals surface area contributed by atoms with Crippen LogP contribution in [-0.4, -0.2) is 62.0 Å². The summed E-state index contributed by atoms with van der Waals surface area (Å²) in [7, 11) is 3.09. The lowest BCUT2D eigenvalue weighted by Gasteiger charge is -2.35. The summed E-state index contributed by atoms with van der Waals surface area (Å²) in [5.74, 6) is 0.946. The molecule has 1 heterocycles. The van der Waals surface area contributed by atoms with Crippen LogP contribution >= 0.6 is 0 Å². The molecule has 2 aromatic rings. The van der Waals surface area contributed by atoms with Gasteiger partial charge >= 0.3 is 0 Å². The summed E-state index contributed by atoms with van der Waals surface area (Å²) in [6, 6.07) is 12.0. The first-order valence-electron chi connectivity index (χ1n) is 8.69. The highest BCUT2D eigenvalue weighted by Gasteiger charge is 2.26. The van der Waals surface area contributed by atoms with Crippen LogP contribution in [0.2, 0.25) is 0 Å². The van der Waals surface area contributed by atoms with Gasteiger partial charge in [-0.05, 0) is 30.3 Å². The first-order chi connectivity index (χ1) is 13.0. The number of rotatable bonds is 4. The Morgan fingerprint density at radius 3 is 1.81 bits per heavy atom. The minimum absolute atomic E-state index is 0.0718. The second-order valence-corrected chi connectivity index (χ2v) is 6.31. The van der Waals surface area contributed by atoms with Gasteiger partial charge in [-0.2, -0.15) is 0 Å². The molecule has 0 aromatic heterocycles. The number of ether oxygens (including phenoxy) is 2. The second kappa shape index (κ2) is 7.99. The molecule has 0 spiro atoms. The molecule has 1 fully saturated rings. The number of benzene rings is 2. The van der Waals surface area contributed by atoms with Crippen molar-refractivity contribution >= 4 is 17.5 Å². The molecule has 1 aliphatic heterocycles. The van der Waals surface area contributed by atoms with Crippen LogP contribution in [0.1, 0.15) is 20.7 Å².